The summed E-state index contributed by atoms with van der Waals surface area (Å²) in [4.78, 5) is 2.44. The molecule has 2 nitrogen and oxygen atoms in total. The molecule has 1 aromatic carbocycles. The molecule has 18 heavy (non-hydrogen) atoms. The molecule has 0 aromatic heterocycles. The van der Waals surface area contributed by atoms with Crippen LogP contribution in [0.3, 0.4) is 0 Å². The van der Waals surface area contributed by atoms with Crippen LogP contribution >= 0.6 is 27.5 Å². The van der Waals surface area contributed by atoms with Gasteiger partial charge in [-0.3, -0.25) is 0 Å². The molecule has 0 aliphatic carbocycles. The lowest BCUT2D eigenvalue weighted by atomic mass is 9.99. The molecule has 4 heteroatoms. The second-order valence-corrected chi connectivity index (χ2v) is 5.96. The molecule has 0 bridgehead atoms. The number of anilines is 1. The van der Waals surface area contributed by atoms with Gasteiger partial charge in [0.25, 0.3) is 0 Å². The van der Waals surface area contributed by atoms with Gasteiger partial charge in [0.2, 0.25) is 0 Å². The van der Waals surface area contributed by atoms with Crippen molar-refractivity contribution in [3.05, 3.63) is 28.2 Å². The van der Waals surface area contributed by atoms with Crippen molar-refractivity contribution in [2.75, 3.05) is 18.6 Å². The van der Waals surface area contributed by atoms with Crippen LogP contribution in [-0.2, 0) is 10.6 Å². The first-order valence-corrected chi connectivity index (χ1v) is 7.62. The molecule has 100 valence electrons. The van der Waals surface area contributed by atoms with Gasteiger partial charge in [-0.05, 0) is 37.5 Å². The monoisotopic (exact) mass is 331 g/mol. The van der Waals surface area contributed by atoms with Gasteiger partial charge in [0.05, 0.1) is 6.10 Å². The second-order valence-electron chi connectivity index (χ2n) is 4.83. The molecule has 1 aliphatic heterocycles. The maximum Gasteiger partial charge on any atom is 0.0607 e. The quantitative estimate of drug-likeness (QED) is 0.770. The molecule has 2 unspecified atom stereocenters. The van der Waals surface area contributed by atoms with Gasteiger partial charge in [0, 0.05) is 35.7 Å². The standard InChI is InChI=1S/C14H19BrClNO/c1-10-7-13(18-2)5-6-17(10)12-4-3-11(9-16)14(15)8-12/h3-4,8,10,13H,5-7,9H2,1-2H3. The number of ether oxygens (including phenoxy) is 1. The fraction of sp³-hybridized carbons (Fsp3) is 0.571. The minimum atomic E-state index is 0.404. The fourth-order valence-electron chi connectivity index (χ4n) is 2.55. The third-order valence-electron chi connectivity index (χ3n) is 3.67. The molecule has 1 heterocycles. The van der Waals surface area contributed by atoms with Crippen LogP contribution in [-0.4, -0.2) is 25.8 Å². The summed E-state index contributed by atoms with van der Waals surface area (Å²) in [6.45, 7) is 3.31. The lowest BCUT2D eigenvalue weighted by molar-refractivity contribution is 0.0721. The van der Waals surface area contributed by atoms with Gasteiger partial charge in [-0.2, -0.15) is 0 Å². The van der Waals surface area contributed by atoms with E-state index in [-0.39, 0.29) is 0 Å². The molecule has 1 fully saturated rings. The molecule has 2 rings (SSSR count). The lowest BCUT2D eigenvalue weighted by Gasteiger charge is -2.39. The largest absolute Gasteiger partial charge is 0.381 e. The zero-order chi connectivity index (χ0) is 13.1. The molecule has 2 atom stereocenters. The number of methoxy groups -OCH3 is 1. The van der Waals surface area contributed by atoms with Crippen molar-refractivity contribution in [3.63, 3.8) is 0 Å². The Morgan fingerprint density at radius 2 is 2.28 bits per heavy atom. The van der Waals surface area contributed by atoms with Gasteiger partial charge in [0.15, 0.2) is 0 Å². The number of nitrogens with zero attached hydrogens (tertiary/aromatic N) is 1. The number of benzene rings is 1. The minimum Gasteiger partial charge on any atom is -0.381 e. The van der Waals surface area contributed by atoms with Gasteiger partial charge in [-0.1, -0.05) is 22.0 Å². The highest BCUT2D eigenvalue weighted by Gasteiger charge is 2.25. The molecular weight excluding hydrogens is 314 g/mol. The van der Waals surface area contributed by atoms with Gasteiger partial charge in [0.1, 0.15) is 0 Å². The number of rotatable bonds is 3. The van der Waals surface area contributed by atoms with E-state index in [0.29, 0.717) is 18.0 Å². The second kappa shape index (κ2) is 6.27. The summed E-state index contributed by atoms with van der Waals surface area (Å²) in [6, 6.07) is 6.94. The van der Waals surface area contributed by atoms with E-state index in [2.05, 4.69) is 46.0 Å². The first kappa shape index (κ1) is 14.2. The molecule has 1 aliphatic rings. The first-order chi connectivity index (χ1) is 8.65. The first-order valence-electron chi connectivity index (χ1n) is 6.29. The number of hydrogen-bond acceptors (Lipinski definition) is 2. The predicted molar refractivity (Wildman–Crippen MR) is 80.5 cm³/mol. The molecular formula is C14H19BrClNO. The van der Waals surface area contributed by atoms with Crippen LogP contribution in [0.15, 0.2) is 22.7 Å². The Bertz CT molecular complexity index is 413. The van der Waals surface area contributed by atoms with E-state index in [9.17, 15) is 0 Å². The van der Waals surface area contributed by atoms with E-state index in [1.165, 1.54) is 5.69 Å². The van der Waals surface area contributed by atoms with Gasteiger partial charge < -0.3 is 9.64 Å². The van der Waals surface area contributed by atoms with E-state index >= 15 is 0 Å². The summed E-state index contributed by atoms with van der Waals surface area (Å²) in [5.74, 6) is 0.544. The Labute approximate surface area is 122 Å². The molecule has 0 amide bonds. The summed E-state index contributed by atoms with van der Waals surface area (Å²) >= 11 is 9.46. The van der Waals surface area contributed by atoms with Gasteiger partial charge >= 0.3 is 0 Å². The van der Waals surface area contributed by atoms with Crippen LogP contribution < -0.4 is 4.90 Å². The van der Waals surface area contributed by atoms with Crippen molar-refractivity contribution in [3.8, 4) is 0 Å². The Hall–Kier alpha value is -0.250. The highest BCUT2D eigenvalue weighted by molar-refractivity contribution is 9.10. The summed E-state index contributed by atoms with van der Waals surface area (Å²) in [5.41, 5.74) is 2.40. The van der Waals surface area contributed by atoms with E-state index in [1.807, 2.05) is 0 Å². The van der Waals surface area contributed by atoms with E-state index in [0.717, 1.165) is 29.4 Å². The SMILES string of the molecule is COC1CCN(c2ccc(CCl)c(Br)c2)C(C)C1. The zero-order valence-corrected chi connectivity index (χ0v) is 13.2. The van der Waals surface area contributed by atoms with Crippen LogP contribution in [0, 0.1) is 0 Å². The van der Waals surface area contributed by atoms with Crippen molar-refractivity contribution < 1.29 is 4.74 Å². The Morgan fingerprint density at radius 3 is 2.83 bits per heavy atom. The lowest BCUT2D eigenvalue weighted by Crippen LogP contribution is -2.43. The van der Waals surface area contributed by atoms with Crippen LogP contribution in [0.5, 0.6) is 0 Å². The number of alkyl halides is 1. The summed E-state index contributed by atoms with van der Waals surface area (Å²) < 4.78 is 6.55. The topological polar surface area (TPSA) is 12.5 Å². The average Bonchev–Trinajstić information content (AvgIpc) is 2.38. The smallest absolute Gasteiger partial charge is 0.0607 e. The molecule has 1 saturated heterocycles. The predicted octanol–water partition coefficient (Wildman–Crippen LogP) is 4.19. The Kier molecular flexibility index (Phi) is 4.93. The highest BCUT2D eigenvalue weighted by atomic mass is 79.9. The summed E-state index contributed by atoms with van der Waals surface area (Å²) in [6.07, 6.45) is 2.59. The van der Waals surface area contributed by atoms with Crippen molar-refractivity contribution in [2.45, 2.75) is 37.8 Å². The Balaban J connectivity index is 2.14. The van der Waals surface area contributed by atoms with Crippen molar-refractivity contribution in [2.24, 2.45) is 0 Å². The van der Waals surface area contributed by atoms with Gasteiger partial charge in [-0.25, -0.2) is 0 Å². The fourth-order valence-corrected chi connectivity index (χ4v) is 3.45. The highest BCUT2D eigenvalue weighted by Crippen LogP contribution is 2.30. The number of halogens is 2. The van der Waals surface area contributed by atoms with Gasteiger partial charge in [-0.15, -0.1) is 11.6 Å². The zero-order valence-electron chi connectivity index (χ0n) is 10.8. The maximum atomic E-state index is 5.88. The third kappa shape index (κ3) is 3.01. The number of piperidine rings is 1. The van der Waals surface area contributed by atoms with E-state index in [4.69, 9.17) is 16.3 Å². The average molecular weight is 333 g/mol. The van der Waals surface area contributed by atoms with Crippen molar-refractivity contribution in [1.29, 1.82) is 0 Å². The van der Waals surface area contributed by atoms with Crippen LogP contribution in [0.2, 0.25) is 0 Å². The summed E-state index contributed by atoms with van der Waals surface area (Å²) in [5, 5.41) is 0. The van der Waals surface area contributed by atoms with E-state index < -0.39 is 0 Å². The summed E-state index contributed by atoms with van der Waals surface area (Å²) in [7, 11) is 1.80. The van der Waals surface area contributed by atoms with Crippen molar-refractivity contribution in [1.82, 2.24) is 0 Å². The number of hydrogen-bond donors (Lipinski definition) is 0. The molecule has 0 spiro atoms. The van der Waals surface area contributed by atoms with Crippen molar-refractivity contribution >= 4 is 33.2 Å². The molecule has 0 radical (unpaired) electrons. The third-order valence-corrected chi connectivity index (χ3v) is 4.70. The molecule has 0 N–H and O–H groups in total. The van der Waals surface area contributed by atoms with E-state index in [1.54, 1.807) is 7.11 Å². The minimum absolute atomic E-state index is 0.404. The maximum absolute atomic E-state index is 5.88. The molecule has 0 saturated carbocycles. The van der Waals surface area contributed by atoms with Crippen LogP contribution in [0.4, 0.5) is 5.69 Å². The normalized spacial score (nSPS) is 24.3. The Morgan fingerprint density at radius 1 is 1.50 bits per heavy atom. The molecule has 1 aromatic rings. The van der Waals surface area contributed by atoms with Crippen LogP contribution in [0.25, 0.3) is 0 Å². The van der Waals surface area contributed by atoms with Crippen LogP contribution in [0.1, 0.15) is 25.3 Å².